The summed E-state index contributed by atoms with van der Waals surface area (Å²) >= 11 is 0. The fraction of sp³-hybridized carbons (Fsp3) is 0.667. The van der Waals surface area contributed by atoms with E-state index in [-0.39, 0.29) is 18.7 Å². The molecule has 2 aliphatic heterocycles. The molecule has 0 aromatic heterocycles. The van der Waals surface area contributed by atoms with Gasteiger partial charge in [0.15, 0.2) is 0 Å². The number of urea groups is 1. The summed E-state index contributed by atoms with van der Waals surface area (Å²) in [5, 5.41) is 5.69. The number of hydrogen-bond donors (Lipinski definition) is 2. The van der Waals surface area contributed by atoms with E-state index in [9.17, 15) is 14.0 Å². The molecular formula is C24H34FN3O4. The highest BCUT2D eigenvalue weighted by Crippen LogP contribution is 2.36. The first-order chi connectivity index (χ1) is 15.5. The minimum atomic E-state index is -1.96. The number of ether oxygens (including phenoxy) is 2. The molecule has 3 aliphatic rings. The molecule has 8 heteroatoms. The third-order valence-corrected chi connectivity index (χ3v) is 7.13. The Kier molecular flexibility index (Phi) is 7.30. The number of rotatable bonds is 5. The Labute approximate surface area is 189 Å². The highest BCUT2D eigenvalue weighted by atomic mass is 19.1. The zero-order valence-electron chi connectivity index (χ0n) is 18.7. The van der Waals surface area contributed by atoms with Gasteiger partial charge in [0.1, 0.15) is 0 Å². The van der Waals surface area contributed by atoms with Crippen LogP contribution in [0.15, 0.2) is 30.3 Å². The van der Waals surface area contributed by atoms with Gasteiger partial charge in [-0.2, -0.15) is 0 Å². The summed E-state index contributed by atoms with van der Waals surface area (Å²) in [6.45, 7) is 3.27. The molecule has 1 saturated carbocycles. The second-order valence-corrected chi connectivity index (χ2v) is 9.14. The Bertz CT molecular complexity index is 787. The number of hydrogen-bond acceptors (Lipinski definition) is 4. The van der Waals surface area contributed by atoms with E-state index in [1.165, 1.54) is 5.56 Å². The maximum absolute atomic E-state index is 13.7. The van der Waals surface area contributed by atoms with E-state index in [0.717, 1.165) is 25.7 Å². The maximum Gasteiger partial charge on any atom is 0.317 e. The molecule has 0 unspecified atom stereocenters. The molecule has 3 amide bonds. The summed E-state index contributed by atoms with van der Waals surface area (Å²) in [5.74, 6) is -0.223. The molecule has 1 spiro atoms. The number of carbonyl (C=O) groups is 2. The van der Waals surface area contributed by atoms with Crippen LogP contribution in [0.5, 0.6) is 0 Å². The fourth-order valence-electron chi connectivity index (χ4n) is 5.40. The van der Waals surface area contributed by atoms with Crippen molar-refractivity contribution >= 4 is 11.9 Å². The quantitative estimate of drug-likeness (QED) is 0.727. The summed E-state index contributed by atoms with van der Waals surface area (Å²) in [6.07, 6.45) is 3.51. The smallest absolute Gasteiger partial charge is 0.317 e. The van der Waals surface area contributed by atoms with Crippen molar-refractivity contribution in [3.8, 4) is 0 Å². The predicted molar refractivity (Wildman–Crippen MR) is 118 cm³/mol. The van der Waals surface area contributed by atoms with Gasteiger partial charge in [-0.25, -0.2) is 9.18 Å². The zero-order chi connectivity index (χ0) is 22.6. The van der Waals surface area contributed by atoms with Crippen LogP contribution in [0, 0.1) is 0 Å². The van der Waals surface area contributed by atoms with E-state index in [1.54, 1.807) is 4.90 Å². The molecule has 7 nitrogen and oxygen atoms in total. The Morgan fingerprint density at radius 3 is 2.72 bits per heavy atom. The minimum Gasteiger partial charge on any atom is -0.376 e. The van der Waals surface area contributed by atoms with Gasteiger partial charge in [0.25, 0.3) is 12.3 Å². The van der Waals surface area contributed by atoms with E-state index in [2.05, 4.69) is 34.9 Å². The lowest BCUT2D eigenvalue weighted by Gasteiger charge is -2.51. The summed E-state index contributed by atoms with van der Waals surface area (Å²) in [5.41, 5.74) is 0.548. The number of nitrogens with zero attached hydrogens (tertiary/aromatic N) is 1. The Balaban J connectivity index is 1.42. The molecule has 4 rings (SSSR count). The summed E-state index contributed by atoms with van der Waals surface area (Å²) in [7, 11) is 0. The first-order valence-electron chi connectivity index (χ1n) is 11.8. The van der Waals surface area contributed by atoms with Crippen molar-refractivity contribution in [2.75, 3.05) is 26.3 Å². The Morgan fingerprint density at radius 2 is 2.03 bits per heavy atom. The Hall–Kier alpha value is -2.19. The van der Waals surface area contributed by atoms with E-state index in [4.69, 9.17) is 9.47 Å². The third-order valence-electron chi connectivity index (χ3n) is 7.13. The normalized spacial score (nSPS) is 33.1. The molecule has 2 heterocycles. The molecule has 0 bridgehead atoms. The van der Waals surface area contributed by atoms with Crippen LogP contribution in [-0.2, 0) is 14.3 Å². The monoisotopic (exact) mass is 447 g/mol. The van der Waals surface area contributed by atoms with Crippen molar-refractivity contribution in [2.45, 2.75) is 75.4 Å². The summed E-state index contributed by atoms with van der Waals surface area (Å²) < 4.78 is 25.2. The lowest BCUT2D eigenvalue weighted by molar-refractivity contribution is -0.172. The standard InChI is InChI=1S/C24H34FN3O4/c1-2-26-23(30)28-14-6-13-24(16-32-21(25)22(29)27-24)20(28)15-31-19-11-9-18(10-12-19)17-7-4-3-5-8-17/h3-5,7-8,18-21H,2,6,9-16H2,1H3,(H,26,30)(H,27,29)/t18?,19?,20-,21-,24+/m0/s1. The first-order valence-corrected chi connectivity index (χ1v) is 11.8. The zero-order valence-corrected chi connectivity index (χ0v) is 18.7. The fourth-order valence-corrected chi connectivity index (χ4v) is 5.40. The highest BCUT2D eigenvalue weighted by molar-refractivity contribution is 5.81. The molecular weight excluding hydrogens is 413 g/mol. The molecule has 1 aromatic carbocycles. The van der Waals surface area contributed by atoms with Gasteiger partial charge >= 0.3 is 6.03 Å². The number of amides is 3. The van der Waals surface area contributed by atoms with Crippen LogP contribution in [0.1, 0.15) is 56.9 Å². The number of carbonyl (C=O) groups excluding carboxylic acids is 2. The average molecular weight is 448 g/mol. The second kappa shape index (κ2) is 10.2. The van der Waals surface area contributed by atoms with Crippen molar-refractivity contribution < 1.29 is 23.5 Å². The van der Waals surface area contributed by atoms with Crippen LogP contribution in [-0.4, -0.2) is 67.2 Å². The van der Waals surface area contributed by atoms with Crippen LogP contribution in [0.2, 0.25) is 0 Å². The van der Waals surface area contributed by atoms with Gasteiger partial charge in [0.05, 0.1) is 30.9 Å². The average Bonchev–Trinajstić information content (AvgIpc) is 2.82. The molecule has 1 aliphatic carbocycles. The number of piperidine rings is 1. The highest BCUT2D eigenvalue weighted by Gasteiger charge is 2.51. The largest absolute Gasteiger partial charge is 0.376 e. The van der Waals surface area contributed by atoms with Crippen molar-refractivity contribution in [1.82, 2.24) is 15.5 Å². The van der Waals surface area contributed by atoms with Crippen LogP contribution in [0.25, 0.3) is 0 Å². The van der Waals surface area contributed by atoms with Crippen LogP contribution >= 0.6 is 0 Å². The van der Waals surface area contributed by atoms with Gasteiger partial charge in [-0.1, -0.05) is 30.3 Å². The lowest BCUT2D eigenvalue weighted by atomic mass is 9.80. The van der Waals surface area contributed by atoms with E-state index in [0.29, 0.717) is 38.5 Å². The van der Waals surface area contributed by atoms with Gasteiger partial charge in [0, 0.05) is 13.1 Å². The molecule has 176 valence electrons. The second-order valence-electron chi connectivity index (χ2n) is 9.14. The number of halogens is 1. The number of morpholine rings is 1. The number of alkyl halides is 1. The molecule has 32 heavy (non-hydrogen) atoms. The van der Waals surface area contributed by atoms with Gasteiger partial charge < -0.3 is 25.0 Å². The lowest BCUT2D eigenvalue weighted by Crippen LogP contribution is -2.73. The molecule has 3 fully saturated rings. The molecule has 0 radical (unpaired) electrons. The van der Waals surface area contributed by atoms with Gasteiger partial charge in [0.2, 0.25) is 0 Å². The minimum absolute atomic E-state index is 0.0323. The van der Waals surface area contributed by atoms with Gasteiger partial charge in [-0.3, -0.25) is 4.79 Å². The topological polar surface area (TPSA) is 79.9 Å². The summed E-state index contributed by atoms with van der Waals surface area (Å²) in [6, 6.07) is 9.98. The van der Waals surface area contributed by atoms with E-state index in [1.807, 2.05) is 13.0 Å². The Morgan fingerprint density at radius 1 is 1.28 bits per heavy atom. The molecule has 2 saturated heterocycles. The van der Waals surface area contributed by atoms with Crippen molar-refractivity contribution in [1.29, 1.82) is 0 Å². The molecule has 1 aromatic rings. The molecule has 3 atom stereocenters. The van der Waals surface area contributed by atoms with Crippen molar-refractivity contribution in [2.24, 2.45) is 0 Å². The van der Waals surface area contributed by atoms with Crippen LogP contribution in [0.4, 0.5) is 9.18 Å². The number of benzene rings is 1. The number of nitrogens with one attached hydrogen (secondary N) is 2. The van der Waals surface area contributed by atoms with Gasteiger partial charge in [-0.15, -0.1) is 0 Å². The third kappa shape index (κ3) is 4.91. The first kappa shape index (κ1) is 23.0. The van der Waals surface area contributed by atoms with E-state index < -0.39 is 23.8 Å². The van der Waals surface area contributed by atoms with Crippen LogP contribution < -0.4 is 10.6 Å². The predicted octanol–water partition coefficient (Wildman–Crippen LogP) is 3.10. The van der Waals surface area contributed by atoms with Crippen molar-refractivity contribution in [3.63, 3.8) is 0 Å². The SMILES string of the molecule is CCNC(=O)N1CCC[C@@]2(CO[C@H](F)C(=O)N2)[C@@H]1COC1CCC(c2ccccc2)CC1. The van der Waals surface area contributed by atoms with E-state index >= 15 is 0 Å². The van der Waals surface area contributed by atoms with Crippen LogP contribution in [0.3, 0.4) is 0 Å². The molecule has 2 N–H and O–H groups in total. The maximum atomic E-state index is 13.7. The van der Waals surface area contributed by atoms with Gasteiger partial charge in [-0.05, 0) is 56.9 Å². The summed E-state index contributed by atoms with van der Waals surface area (Å²) in [4.78, 5) is 26.6. The van der Waals surface area contributed by atoms with Crippen molar-refractivity contribution in [3.05, 3.63) is 35.9 Å². The number of likely N-dealkylation sites (tertiary alicyclic amines) is 1.